The molecule has 1 aromatic heterocycles. The molecule has 0 unspecified atom stereocenters. The minimum Gasteiger partial charge on any atom is -0.484 e. The molecule has 0 bridgehead atoms. The predicted octanol–water partition coefficient (Wildman–Crippen LogP) is 3.14. The molecule has 5 nitrogen and oxygen atoms in total. The Morgan fingerprint density at radius 2 is 2.00 bits per heavy atom. The van der Waals surface area contributed by atoms with E-state index in [1.54, 1.807) is 12.3 Å². The number of nitrogens with zero attached hydrogens (tertiary/aromatic N) is 1. The van der Waals surface area contributed by atoms with E-state index in [4.69, 9.17) is 17.0 Å². The van der Waals surface area contributed by atoms with Crippen LogP contribution >= 0.6 is 34.8 Å². The van der Waals surface area contributed by atoms with Crippen molar-refractivity contribution in [3.63, 3.8) is 0 Å². The summed E-state index contributed by atoms with van der Waals surface area (Å²) < 4.78 is 6.44. The van der Waals surface area contributed by atoms with Crippen LogP contribution in [-0.2, 0) is 11.2 Å². The number of ether oxygens (including phenoxy) is 1. The largest absolute Gasteiger partial charge is 0.484 e. The lowest BCUT2D eigenvalue weighted by Crippen LogP contribution is -2.37. The van der Waals surface area contributed by atoms with Crippen molar-refractivity contribution in [1.82, 2.24) is 10.3 Å². The van der Waals surface area contributed by atoms with Gasteiger partial charge in [-0.25, -0.2) is 4.98 Å². The third-order valence-corrected chi connectivity index (χ3v) is 3.77. The maximum Gasteiger partial charge on any atom is 0.264 e. The van der Waals surface area contributed by atoms with Gasteiger partial charge in [-0.1, -0.05) is 19.1 Å². The van der Waals surface area contributed by atoms with Crippen LogP contribution in [0.2, 0.25) is 0 Å². The Hall–Kier alpha value is -1.74. The number of hydrogen-bond donors (Lipinski definition) is 2. The van der Waals surface area contributed by atoms with Crippen LogP contribution in [0.3, 0.4) is 0 Å². The van der Waals surface area contributed by atoms with E-state index in [9.17, 15) is 4.79 Å². The number of hydrogen-bond acceptors (Lipinski definition) is 4. The highest BCUT2D eigenvalue weighted by Crippen LogP contribution is 2.12. The number of benzene rings is 1. The number of pyridine rings is 1. The summed E-state index contributed by atoms with van der Waals surface area (Å²) in [5.41, 5.74) is 1.22. The summed E-state index contributed by atoms with van der Waals surface area (Å²) in [6, 6.07) is 11.3. The number of halogens is 1. The first-order valence-corrected chi connectivity index (χ1v) is 8.49. The van der Waals surface area contributed by atoms with Gasteiger partial charge < -0.3 is 10.1 Å². The summed E-state index contributed by atoms with van der Waals surface area (Å²) in [7, 11) is 0. The van der Waals surface area contributed by atoms with E-state index in [1.807, 2.05) is 30.3 Å². The topological polar surface area (TPSA) is 63.2 Å². The molecule has 0 aliphatic rings. The van der Waals surface area contributed by atoms with Gasteiger partial charge >= 0.3 is 0 Å². The molecule has 0 fully saturated rings. The quantitative estimate of drug-likeness (QED) is 0.552. The molecule has 0 radical (unpaired) electrons. The Morgan fingerprint density at radius 1 is 1.26 bits per heavy atom. The van der Waals surface area contributed by atoms with Crippen LogP contribution in [-0.4, -0.2) is 22.6 Å². The van der Waals surface area contributed by atoms with E-state index in [0.717, 1.165) is 9.99 Å². The van der Waals surface area contributed by atoms with Gasteiger partial charge in [0.1, 0.15) is 11.6 Å². The molecule has 23 heavy (non-hydrogen) atoms. The molecule has 2 aromatic rings. The molecule has 0 aliphatic carbocycles. The maximum atomic E-state index is 11.8. The molecular formula is C16H16IN3O2S. The Labute approximate surface area is 154 Å². The highest BCUT2D eigenvalue weighted by atomic mass is 127. The number of carbonyl (C=O) groups is 1. The number of aromatic nitrogens is 1. The van der Waals surface area contributed by atoms with Crippen LogP contribution in [0.5, 0.6) is 5.75 Å². The van der Waals surface area contributed by atoms with Gasteiger partial charge in [0.2, 0.25) is 0 Å². The van der Waals surface area contributed by atoms with Gasteiger partial charge in [-0.2, -0.15) is 0 Å². The summed E-state index contributed by atoms with van der Waals surface area (Å²) in [5, 5.41) is 5.58. The number of rotatable bonds is 5. The van der Waals surface area contributed by atoms with E-state index in [0.29, 0.717) is 11.6 Å². The minimum absolute atomic E-state index is 0.104. The Kier molecular flexibility index (Phi) is 6.72. The third kappa shape index (κ3) is 6.11. The lowest BCUT2D eigenvalue weighted by atomic mass is 10.2. The van der Waals surface area contributed by atoms with Crippen molar-refractivity contribution >= 4 is 51.6 Å². The van der Waals surface area contributed by atoms with Crippen LogP contribution in [0, 0.1) is 3.57 Å². The second kappa shape index (κ2) is 8.78. The average Bonchev–Trinajstić information content (AvgIpc) is 2.55. The summed E-state index contributed by atoms with van der Waals surface area (Å²) in [5.74, 6) is 0.898. The molecule has 0 saturated carbocycles. The lowest BCUT2D eigenvalue weighted by molar-refractivity contribution is -0.121. The van der Waals surface area contributed by atoms with E-state index >= 15 is 0 Å². The van der Waals surface area contributed by atoms with Gasteiger partial charge in [0.05, 0.1) is 0 Å². The van der Waals surface area contributed by atoms with Crippen molar-refractivity contribution in [2.45, 2.75) is 13.3 Å². The summed E-state index contributed by atoms with van der Waals surface area (Å²) in [6.07, 6.45) is 2.67. The van der Waals surface area contributed by atoms with E-state index in [1.165, 1.54) is 5.56 Å². The number of thiocarbonyl (C=S) groups is 1. The third-order valence-electron chi connectivity index (χ3n) is 2.92. The maximum absolute atomic E-state index is 11.8. The first-order chi connectivity index (χ1) is 11.1. The van der Waals surface area contributed by atoms with Crippen molar-refractivity contribution in [1.29, 1.82) is 0 Å². The molecule has 7 heteroatoms. The summed E-state index contributed by atoms with van der Waals surface area (Å²) in [6.45, 7) is 1.98. The number of anilines is 1. The van der Waals surface area contributed by atoms with Crippen molar-refractivity contribution in [2.75, 3.05) is 11.9 Å². The average molecular weight is 441 g/mol. The van der Waals surface area contributed by atoms with Crippen LogP contribution < -0.4 is 15.4 Å². The van der Waals surface area contributed by atoms with Gasteiger partial charge in [-0.05, 0) is 71.1 Å². The molecule has 0 spiro atoms. The van der Waals surface area contributed by atoms with E-state index < -0.39 is 0 Å². The first-order valence-electron chi connectivity index (χ1n) is 7.01. The molecule has 2 rings (SSSR count). The van der Waals surface area contributed by atoms with E-state index in [2.05, 4.69) is 45.1 Å². The lowest BCUT2D eigenvalue weighted by Gasteiger charge is -2.10. The zero-order valence-corrected chi connectivity index (χ0v) is 15.5. The second-order valence-corrected chi connectivity index (χ2v) is 6.30. The standard InChI is InChI=1S/C16H16IN3O2S/c1-2-11-3-6-13(7-4-11)22-10-15(21)20-16(23)19-14-8-5-12(17)9-18-14/h3-9H,2,10H2,1H3,(H2,18,19,20,21,23). The van der Waals surface area contributed by atoms with Crippen molar-refractivity contribution in [3.8, 4) is 5.75 Å². The highest BCUT2D eigenvalue weighted by Gasteiger charge is 2.06. The molecule has 0 atom stereocenters. The van der Waals surface area contributed by atoms with Gasteiger partial charge in [0.15, 0.2) is 11.7 Å². The van der Waals surface area contributed by atoms with Crippen LogP contribution in [0.1, 0.15) is 12.5 Å². The number of aryl methyl sites for hydroxylation is 1. The fourth-order valence-corrected chi connectivity index (χ4v) is 2.27. The molecular weight excluding hydrogens is 425 g/mol. The molecule has 1 amide bonds. The zero-order chi connectivity index (χ0) is 16.7. The Morgan fingerprint density at radius 3 is 2.61 bits per heavy atom. The van der Waals surface area contributed by atoms with E-state index in [-0.39, 0.29) is 17.6 Å². The zero-order valence-electron chi connectivity index (χ0n) is 12.5. The minimum atomic E-state index is -0.326. The fraction of sp³-hybridized carbons (Fsp3) is 0.188. The summed E-state index contributed by atoms with van der Waals surface area (Å²) >= 11 is 7.23. The Balaban J connectivity index is 1.77. The van der Waals surface area contributed by atoms with Gasteiger partial charge in [-0.15, -0.1) is 0 Å². The molecule has 120 valence electrons. The van der Waals surface area contributed by atoms with Gasteiger partial charge in [-0.3, -0.25) is 10.1 Å². The van der Waals surface area contributed by atoms with Crippen molar-refractivity contribution < 1.29 is 9.53 Å². The monoisotopic (exact) mass is 441 g/mol. The number of carbonyl (C=O) groups excluding carboxylic acids is 1. The molecule has 1 heterocycles. The molecule has 1 aromatic carbocycles. The van der Waals surface area contributed by atoms with Crippen LogP contribution in [0.25, 0.3) is 0 Å². The smallest absolute Gasteiger partial charge is 0.264 e. The van der Waals surface area contributed by atoms with Crippen molar-refractivity contribution in [2.24, 2.45) is 0 Å². The first kappa shape index (κ1) is 17.6. The summed E-state index contributed by atoms with van der Waals surface area (Å²) in [4.78, 5) is 16.0. The molecule has 0 saturated heterocycles. The molecule has 0 aliphatic heterocycles. The van der Waals surface area contributed by atoms with Gasteiger partial charge in [0.25, 0.3) is 5.91 Å². The normalized spacial score (nSPS) is 10.0. The van der Waals surface area contributed by atoms with Gasteiger partial charge in [0, 0.05) is 9.77 Å². The highest BCUT2D eigenvalue weighted by molar-refractivity contribution is 14.1. The number of nitrogens with one attached hydrogen (secondary N) is 2. The molecule has 2 N–H and O–H groups in total. The van der Waals surface area contributed by atoms with Crippen LogP contribution in [0.15, 0.2) is 42.6 Å². The van der Waals surface area contributed by atoms with Crippen molar-refractivity contribution in [3.05, 3.63) is 51.7 Å². The predicted molar refractivity (Wildman–Crippen MR) is 103 cm³/mol. The fourth-order valence-electron chi connectivity index (χ4n) is 1.73. The SMILES string of the molecule is CCc1ccc(OCC(=O)NC(=S)Nc2ccc(I)cn2)cc1. The second-order valence-electron chi connectivity index (χ2n) is 4.65. The van der Waals surface area contributed by atoms with Crippen LogP contribution in [0.4, 0.5) is 5.82 Å². The number of amides is 1. The Bertz CT molecular complexity index is 675.